The molecule has 0 aromatic carbocycles. The number of rotatable bonds is 5. The van der Waals surface area contributed by atoms with Gasteiger partial charge in [0.05, 0.1) is 11.1 Å². The minimum Gasteiger partial charge on any atom is -0.359 e. The van der Waals surface area contributed by atoms with Gasteiger partial charge in [-0.05, 0) is 13.8 Å². The van der Waals surface area contributed by atoms with Crippen LogP contribution in [0.4, 0.5) is 0 Å². The number of hydrogen-bond donors (Lipinski definition) is 2. The van der Waals surface area contributed by atoms with Crippen molar-refractivity contribution in [2.45, 2.75) is 20.4 Å². The summed E-state index contributed by atoms with van der Waals surface area (Å²) in [4.78, 5) is 19.6. The van der Waals surface area contributed by atoms with Crippen LogP contribution in [0.3, 0.4) is 0 Å². The summed E-state index contributed by atoms with van der Waals surface area (Å²) in [5, 5.41) is 5.84. The van der Waals surface area contributed by atoms with Gasteiger partial charge in [0.1, 0.15) is 0 Å². The summed E-state index contributed by atoms with van der Waals surface area (Å²) >= 11 is 0. The van der Waals surface area contributed by atoms with Gasteiger partial charge >= 0.3 is 0 Å². The van der Waals surface area contributed by atoms with Crippen molar-refractivity contribution in [3.8, 4) is 0 Å². The highest BCUT2D eigenvalue weighted by Gasteiger charge is 2.25. The van der Waals surface area contributed by atoms with Crippen molar-refractivity contribution in [2.75, 3.05) is 13.6 Å². The monoisotopic (exact) mass is 222 g/mol. The maximum atomic E-state index is 11.5. The SMILES string of the molecule is CNC(=O)C(C)(C)CNCc1cnccn1. The Bertz CT molecular complexity index is 337. The van der Waals surface area contributed by atoms with Crippen LogP contribution in [-0.4, -0.2) is 29.5 Å². The first-order chi connectivity index (χ1) is 7.56. The van der Waals surface area contributed by atoms with Crippen molar-refractivity contribution >= 4 is 5.91 Å². The Balaban J connectivity index is 2.38. The van der Waals surface area contributed by atoms with Crippen LogP contribution >= 0.6 is 0 Å². The van der Waals surface area contributed by atoms with Gasteiger partial charge in [0.25, 0.3) is 0 Å². The molecular formula is C11H18N4O. The van der Waals surface area contributed by atoms with Crippen LogP contribution in [0.5, 0.6) is 0 Å². The number of nitrogens with zero attached hydrogens (tertiary/aromatic N) is 2. The molecule has 0 spiro atoms. The summed E-state index contributed by atoms with van der Waals surface area (Å²) < 4.78 is 0. The molecule has 88 valence electrons. The first kappa shape index (κ1) is 12.6. The number of nitrogens with one attached hydrogen (secondary N) is 2. The number of hydrogen-bond acceptors (Lipinski definition) is 4. The van der Waals surface area contributed by atoms with E-state index in [0.29, 0.717) is 13.1 Å². The van der Waals surface area contributed by atoms with Crippen LogP contribution in [0.1, 0.15) is 19.5 Å². The molecule has 0 atom stereocenters. The molecule has 0 aliphatic rings. The van der Waals surface area contributed by atoms with E-state index in [1.54, 1.807) is 25.6 Å². The van der Waals surface area contributed by atoms with Gasteiger partial charge in [-0.3, -0.25) is 14.8 Å². The zero-order valence-electron chi connectivity index (χ0n) is 9.95. The van der Waals surface area contributed by atoms with Gasteiger partial charge in [0.2, 0.25) is 5.91 Å². The molecular weight excluding hydrogens is 204 g/mol. The molecule has 2 N–H and O–H groups in total. The summed E-state index contributed by atoms with van der Waals surface area (Å²) in [5.41, 5.74) is 0.451. The molecule has 0 radical (unpaired) electrons. The fourth-order valence-electron chi connectivity index (χ4n) is 1.34. The van der Waals surface area contributed by atoms with Crippen LogP contribution in [-0.2, 0) is 11.3 Å². The Morgan fingerprint density at radius 1 is 1.44 bits per heavy atom. The minimum atomic E-state index is -0.420. The van der Waals surface area contributed by atoms with Gasteiger partial charge in [-0.15, -0.1) is 0 Å². The minimum absolute atomic E-state index is 0.0270. The molecule has 5 nitrogen and oxygen atoms in total. The summed E-state index contributed by atoms with van der Waals surface area (Å²) in [7, 11) is 1.65. The van der Waals surface area contributed by atoms with Crippen molar-refractivity contribution in [1.82, 2.24) is 20.6 Å². The third-order valence-corrected chi connectivity index (χ3v) is 2.33. The fourth-order valence-corrected chi connectivity index (χ4v) is 1.34. The topological polar surface area (TPSA) is 66.9 Å². The second-order valence-corrected chi connectivity index (χ2v) is 4.26. The van der Waals surface area contributed by atoms with E-state index >= 15 is 0 Å². The smallest absolute Gasteiger partial charge is 0.226 e. The van der Waals surface area contributed by atoms with E-state index < -0.39 is 5.41 Å². The normalized spacial score (nSPS) is 11.2. The quantitative estimate of drug-likeness (QED) is 0.754. The van der Waals surface area contributed by atoms with E-state index in [4.69, 9.17) is 0 Å². The van der Waals surface area contributed by atoms with Crippen LogP contribution in [0, 0.1) is 5.41 Å². The molecule has 0 saturated heterocycles. The largest absolute Gasteiger partial charge is 0.359 e. The lowest BCUT2D eigenvalue weighted by Gasteiger charge is -2.22. The van der Waals surface area contributed by atoms with Crippen molar-refractivity contribution in [1.29, 1.82) is 0 Å². The van der Waals surface area contributed by atoms with E-state index in [0.717, 1.165) is 5.69 Å². The second-order valence-electron chi connectivity index (χ2n) is 4.26. The molecule has 1 amide bonds. The molecule has 1 aromatic rings. The Kier molecular flexibility index (Phi) is 4.37. The van der Waals surface area contributed by atoms with Crippen LogP contribution < -0.4 is 10.6 Å². The maximum Gasteiger partial charge on any atom is 0.226 e. The molecule has 1 aromatic heterocycles. The average Bonchev–Trinajstić information content (AvgIpc) is 2.29. The molecule has 1 rings (SSSR count). The van der Waals surface area contributed by atoms with Gasteiger partial charge in [0.15, 0.2) is 0 Å². The average molecular weight is 222 g/mol. The zero-order valence-corrected chi connectivity index (χ0v) is 9.95. The number of carbonyl (C=O) groups excluding carboxylic acids is 1. The Morgan fingerprint density at radius 2 is 2.19 bits per heavy atom. The number of aromatic nitrogens is 2. The Labute approximate surface area is 95.7 Å². The predicted molar refractivity (Wildman–Crippen MR) is 61.6 cm³/mol. The summed E-state index contributed by atoms with van der Waals surface area (Å²) in [6.45, 7) is 5.02. The summed E-state index contributed by atoms with van der Waals surface area (Å²) in [6.07, 6.45) is 5.00. The molecule has 0 unspecified atom stereocenters. The van der Waals surface area contributed by atoms with Crippen molar-refractivity contribution in [2.24, 2.45) is 5.41 Å². The third kappa shape index (κ3) is 3.58. The van der Waals surface area contributed by atoms with Crippen LogP contribution in [0.15, 0.2) is 18.6 Å². The fraction of sp³-hybridized carbons (Fsp3) is 0.545. The van der Waals surface area contributed by atoms with E-state index in [1.165, 1.54) is 0 Å². The molecule has 0 aliphatic carbocycles. The highest BCUT2D eigenvalue weighted by Crippen LogP contribution is 2.13. The van der Waals surface area contributed by atoms with Crippen LogP contribution in [0.25, 0.3) is 0 Å². The molecule has 16 heavy (non-hydrogen) atoms. The predicted octanol–water partition coefficient (Wildman–Crippen LogP) is 0.338. The molecule has 0 aliphatic heterocycles. The zero-order chi connectivity index (χ0) is 12.0. The number of carbonyl (C=O) groups is 1. The van der Waals surface area contributed by atoms with Gasteiger partial charge in [-0.1, -0.05) is 0 Å². The first-order valence-electron chi connectivity index (χ1n) is 5.24. The standard InChI is InChI=1S/C11H18N4O/c1-11(2,10(16)12-3)8-14-7-9-6-13-4-5-15-9/h4-6,14H,7-8H2,1-3H3,(H,12,16). The van der Waals surface area contributed by atoms with E-state index in [2.05, 4.69) is 20.6 Å². The first-order valence-corrected chi connectivity index (χ1v) is 5.24. The molecule has 1 heterocycles. The van der Waals surface area contributed by atoms with Gasteiger partial charge in [-0.25, -0.2) is 0 Å². The molecule has 5 heteroatoms. The van der Waals surface area contributed by atoms with Crippen LogP contribution in [0.2, 0.25) is 0 Å². The Morgan fingerprint density at radius 3 is 2.75 bits per heavy atom. The number of amides is 1. The van der Waals surface area contributed by atoms with Gasteiger partial charge in [0, 0.05) is 38.7 Å². The van der Waals surface area contributed by atoms with E-state index in [-0.39, 0.29) is 5.91 Å². The molecule has 0 bridgehead atoms. The van der Waals surface area contributed by atoms with Crippen molar-refractivity contribution < 1.29 is 4.79 Å². The van der Waals surface area contributed by atoms with Crippen molar-refractivity contribution in [3.63, 3.8) is 0 Å². The maximum absolute atomic E-state index is 11.5. The lowest BCUT2D eigenvalue weighted by atomic mass is 9.92. The molecule has 0 fully saturated rings. The van der Waals surface area contributed by atoms with E-state index in [9.17, 15) is 4.79 Å². The van der Waals surface area contributed by atoms with E-state index in [1.807, 2.05) is 13.8 Å². The second kappa shape index (κ2) is 5.55. The molecule has 0 saturated carbocycles. The third-order valence-electron chi connectivity index (χ3n) is 2.33. The lowest BCUT2D eigenvalue weighted by molar-refractivity contribution is -0.128. The summed E-state index contributed by atoms with van der Waals surface area (Å²) in [6, 6.07) is 0. The highest BCUT2D eigenvalue weighted by atomic mass is 16.2. The van der Waals surface area contributed by atoms with Gasteiger partial charge in [-0.2, -0.15) is 0 Å². The summed E-state index contributed by atoms with van der Waals surface area (Å²) in [5.74, 6) is 0.0270. The van der Waals surface area contributed by atoms with Crippen molar-refractivity contribution in [3.05, 3.63) is 24.3 Å². The highest BCUT2D eigenvalue weighted by molar-refractivity contribution is 5.81. The Hall–Kier alpha value is -1.49. The lowest BCUT2D eigenvalue weighted by Crippen LogP contribution is -2.41. The van der Waals surface area contributed by atoms with Gasteiger partial charge < -0.3 is 10.6 Å².